The lowest BCUT2D eigenvalue weighted by Gasteiger charge is -2.33. The summed E-state index contributed by atoms with van der Waals surface area (Å²) in [5.74, 6) is 0.646. The van der Waals surface area contributed by atoms with Gasteiger partial charge in [0.1, 0.15) is 18.0 Å². The summed E-state index contributed by atoms with van der Waals surface area (Å²) in [5, 5.41) is 12.9. The van der Waals surface area contributed by atoms with E-state index in [-0.39, 0.29) is 0 Å². The third-order valence-corrected chi connectivity index (χ3v) is 7.15. The molecule has 0 radical (unpaired) electrons. The Hall–Kier alpha value is -4.99. The van der Waals surface area contributed by atoms with Gasteiger partial charge >= 0.3 is 0 Å². The minimum atomic E-state index is -1.50. The van der Waals surface area contributed by atoms with Crippen molar-refractivity contribution in [3.63, 3.8) is 0 Å². The van der Waals surface area contributed by atoms with Gasteiger partial charge in [0.05, 0.1) is 5.69 Å². The van der Waals surface area contributed by atoms with Gasteiger partial charge in [-0.25, -0.2) is 0 Å². The molecule has 1 atom stereocenters. The summed E-state index contributed by atoms with van der Waals surface area (Å²) in [5.41, 5.74) is 5.43. The predicted molar refractivity (Wildman–Crippen MR) is 161 cm³/mol. The third-order valence-electron chi connectivity index (χ3n) is 7.15. The highest BCUT2D eigenvalue weighted by Gasteiger charge is 2.37. The highest BCUT2D eigenvalue weighted by molar-refractivity contribution is 5.74. The summed E-state index contributed by atoms with van der Waals surface area (Å²) in [7, 11) is 0. The third kappa shape index (κ3) is 5.03. The van der Waals surface area contributed by atoms with Crippen LogP contribution in [0.2, 0.25) is 0 Å². The number of aromatic nitrogens is 1. The van der Waals surface area contributed by atoms with Crippen LogP contribution in [0.25, 0.3) is 22.4 Å². The van der Waals surface area contributed by atoms with Crippen LogP contribution in [0.3, 0.4) is 0 Å². The molecule has 0 aliphatic rings. The Morgan fingerprint density at radius 1 is 0.575 bits per heavy atom. The Balaban J connectivity index is 1.57. The number of nitrogens with zero attached hydrogens (tertiary/aromatic N) is 1. The van der Waals surface area contributed by atoms with E-state index in [0.717, 1.165) is 39.1 Å². The second-order valence-electron chi connectivity index (χ2n) is 9.69. The number of benzene rings is 5. The van der Waals surface area contributed by atoms with E-state index in [9.17, 15) is 5.11 Å². The van der Waals surface area contributed by atoms with Crippen molar-refractivity contribution < 1.29 is 9.84 Å². The molecule has 1 N–H and O–H groups in total. The van der Waals surface area contributed by atoms with Crippen molar-refractivity contribution in [2.45, 2.75) is 12.2 Å². The lowest BCUT2D eigenvalue weighted by molar-refractivity contribution is 0.120. The zero-order valence-electron chi connectivity index (χ0n) is 22.0. The number of aliphatic hydroxyl groups is 1. The van der Waals surface area contributed by atoms with Crippen molar-refractivity contribution in [3.05, 3.63) is 180 Å². The number of ether oxygens (including phenoxy) is 1. The zero-order valence-corrected chi connectivity index (χ0v) is 22.0. The van der Waals surface area contributed by atoms with Crippen molar-refractivity contribution in [1.82, 2.24) is 4.98 Å². The Morgan fingerprint density at radius 3 is 1.93 bits per heavy atom. The van der Waals surface area contributed by atoms with Gasteiger partial charge in [0.25, 0.3) is 0 Å². The van der Waals surface area contributed by atoms with Gasteiger partial charge in [-0.15, -0.1) is 0 Å². The Kier molecular flexibility index (Phi) is 7.21. The summed E-state index contributed by atoms with van der Waals surface area (Å²) in [4.78, 5) is 4.55. The Morgan fingerprint density at radius 2 is 1.20 bits per heavy atom. The molecule has 0 amide bonds. The molecule has 0 saturated carbocycles. The van der Waals surface area contributed by atoms with Gasteiger partial charge in [0, 0.05) is 22.9 Å². The van der Waals surface area contributed by atoms with Crippen LogP contribution in [-0.4, -0.2) is 10.1 Å². The fraction of sp³-hybridized carbons (Fsp3) is 0.0541. The van der Waals surface area contributed by atoms with Crippen LogP contribution in [0, 0.1) is 0 Å². The molecule has 3 heteroatoms. The Labute approximate surface area is 235 Å². The standard InChI is InChI=1S/C37H29NO2/c39-37(31-19-8-3-9-20-31,32-21-12-18-30(26-32)35-24-10-11-25-38-35)34-23-13-22-33(29-16-6-2-7-17-29)36(34)40-27-28-14-4-1-5-15-28/h1-26,39H,27H2. The summed E-state index contributed by atoms with van der Waals surface area (Å²) in [6, 6.07) is 49.9. The van der Waals surface area contributed by atoms with E-state index in [4.69, 9.17) is 4.74 Å². The van der Waals surface area contributed by atoms with Crippen molar-refractivity contribution in [2.75, 3.05) is 0 Å². The molecule has 40 heavy (non-hydrogen) atoms. The monoisotopic (exact) mass is 519 g/mol. The molecule has 1 unspecified atom stereocenters. The number of hydrogen-bond acceptors (Lipinski definition) is 3. The summed E-state index contributed by atoms with van der Waals surface area (Å²) >= 11 is 0. The van der Waals surface area contributed by atoms with E-state index in [2.05, 4.69) is 23.2 Å². The first-order valence-electron chi connectivity index (χ1n) is 13.4. The van der Waals surface area contributed by atoms with Gasteiger partial charge in [-0.3, -0.25) is 4.98 Å². The normalized spacial score (nSPS) is 12.4. The van der Waals surface area contributed by atoms with Crippen molar-refractivity contribution in [1.29, 1.82) is 0 Å². The molecule has 0 fully saturated rings. The fourth-order valence-corrected chi connectivity index (χ4v) is 5.15. The van der Waals surface area contributed by atoms with Gasteiger partial charge in [0.2, 0.25) is 0 Å². The summed E-state index contributed by atoms with van der Waals surface area (Å²) < 4.78 is 6.64. The lowest BCUT2D eigenvalue weighted by atomic mass is 9.78. The van der Waals surface area contributed by atoms with Crippen LogP contribution in [0.4, 0.5) is 0 Å². The Bertz CT molecular complexity index is 1690. The van der Waals surface area contributed by atoms with E-state index < -0.39 is 5.60 Å². The highest BCUT2D eigenvalue weighted by atomic mass is 16.5. The second kappa shape index (κ2) is 11.4. The molecular formula is C37H29NO2. The molecule has 0 aliphatic carbocycles. The van der Waals surface area contributed by atoms with E-state index in [1.807, 2.05) is 133 Å². The molecule has 0 spiro atoms. The number of para-hydroxylation sites is 1. The molecule has 6 aromatic rings. The van der Waals surface area contributed by atoms with Gasteiger partial charge in [-0.1, -0.05) is 133 Å². The second-order valence-corrected chi connectivity index (χ2v) is 9.69. The molecule has 0 bridgehead atoms. The van der Waals surface area contributed by atoms with Crippen LogP contribution >= 0.6 is 0 Å². The van der Waals surface area contributed by atoms with Gasteiger partial charge < -0.3 is 9.84 Å². The number of pyridine rings is 1. The zero-order chi connectivity index (χ0) is 27.2. The maximum absolute atomic E-state index is 12.9. The van der Waals surface area contributed by atoms with Gasteiger partial charge in [0.15, 0.2) is 0 Å². The van der Waals surface area contributed by atoms with Crippen molar-refractivity contribution in [3.8, 4) is 28.1 Å². The topological polar surface area (TPSA) is 42.4 Å². The first-order valence-corrected chi connectivity index (χ1v) is 13.4. The molecular weight excluding hydrogens is 490 g/mol. The van der Waals surface area contributed by atoms with Crippen LogP contribution in [0.1, 0.15) is 22.3 Å². The lowest BCUT2D eigenvalue weighted by Crippen LogP contribution is -2.30. The molecule has 1 heterocycles. The molecule has 5 aromatic carbocycles. The number of hydrogen-bond donors (Lipinski definition) is 1. The van der Waals surface area contributed by atoms with E-state index in [0.29, 0.717) is 17.9 Å². The average molecular weight is 520 g/mol. The van der Waals surface area contributed by atoms with Crippen LogP contribution < -0.4 is 4.74 Å². The molecule has 0 saturated heterocycles. The van der Waals surface area contributed by atoms with Crippen LogP contribution in [0.5, 0.6) is 5.75 Å². The SMILES string of the molecule is OC(c1ccccc1)(c1cccc(-c2ccccn2)c1)c1cccc(-c2ccccc2)c1OCc1ccccc1. The fourth-order valence-electron chi connectivity index (χ4n) is 5.15. The van der Waals surface area contributed by atoms with E-state index >= 15 is 0 Å². The molecule has 194 valence electrons. The number of rotatable bonds is 8. The minimum Gasteiger partial charge on any atom is -0.488 e. The molecule has 6 rings (SSSR count). The maximum atomic E-state index is 12.9. The van der Waals surface area contributed by atoms with Crippen LogP contribution in [-0.2, 0) is 12.2 Å². The highest BCUT2D eigenvalue weighted by Crippen LogP contribution is 2.46. The summed E-state index contributed by atoms with van der Waals surface area (Å²) in [6.45, 7) is 0.372. The maximum Gasteiger partial charge on any atom is 0.144 e. The van der Waals surface area contributed by atoms with Crippen molar-refractivity contribution >= 4 is 0 Å². The minimum absolute atomic E-state index is 0.372. The molecule has 0 aliphatic heterocycles. The van der Waals surface area contributed by atoms with Crippen LogP contribution in [0.15, 0.2) is 158 Å². The van der Waals surface area contributed by atoms with Gasteiger partial charge in [-0.05, 0) is 40.5 Å². The van der Waals surface area contributed by atoms with E-state index in [1.165, 1.54) is 0 Å². The average Bonchev–Trinajstić information content (AvgIpc) is 3.05. The van der Waals surface area contributed by atoms with E-state index in [1.54, 1.807) is 6.20 Å². The summed E-state index contributed by atoms with van der Waals surface area (Å²) in [6.07, 6.45) is 1.78. The first-order chi connectivity index (χ1) is 19.7. The molecule has 1 aromatic heterocycles. The van der Waals surface area contributed by atoms with Gasteiger partial charge in [-0.2, -0.15) is 0 Å². The largest absolute Gasteiger partial charge is 0.488 e. The predicted octanol–water partition coefficient (Wildman–Crippen LogP) is 8.28. The van der Waals surface area contributed by atoms with Crippen molar-refractivity contribution in [2.24, 2.45) is 0 Å². The smallest absolute Gasteiger partial charge is 0.144 e. The first kappa shape index (κ1) is 25.3. The molecule has 3 nitrogen and oxygen atoms in total. The quantitative estimate of drug-likeness (QED) is 0.206.